The number of ether oxygens (including phenoxy) is 1. The highest BCUT2D eigenvalue weighted by atomic mass is 32.2. The maximum atomic E-state index is 12.2. The summed E-state index contributed by atoms with van der Waals surface area (Å²) in [5.74, 6) is -0.997. The molecule has 1 fully saturated rings. The van der Waals surface area contributed by atoms with Crippen molar-refractivity contribution in [2.45, 2.75) is 19.4 Å². The van der Waals surface area contributed by atoms with Gasteiger partial charge < -0.3 is 9.64 Å². The van der Waals surface area contributed by atoms with Gasteiger partial charge in [-0.2, -0.15) is 5.10 Å². The van der Waals surface area contributed by atoms with Crippen LogP contribution in [0, 0.1) is 6.92 Å². The van der Waals surface area contributed by atoms with Crippen LogP contribution in [0.4, 0.5) is 0 Å². The number of likely N-dealkylation sites (N-methyl/N-ethyl adjacent to an activating group) is 1. The molecule has 8 nitrogen and oxygen atoms in total. The van der Waals surface area contributed by atoms with Gasteiger partial charge in [0, 0.05) is 25.0 Å². The Balaban J connectivity index is 1.56. The number of nitrogens with zero attached hydrogens (tertiary/aromatic N) is 3. The van der Waals surface area contributed by atoms with Crippen LogP contribution in [0.1, 0.15) is 22.5 Å². The van der Waals surface area contributed by atoms with E-state index in [0.29, 0.717) is 12.0 Å². The van der Waals surface area contributed by atoms with E-state index < -0.39 is 28.3 Å². The molecule has 0 bridgehead atoms. The summed E-state index contributed by atoms with van der Waals surface area (Å²) in [4.78, 5) is 25.7. The number of aromatic nitrogens is 2. The first-order valence-electron chi connectivity index (χ1n) is 8.51. The van der Waals surface area contributed by atoms with E-state index in [4.69, 9.17) is 4.74 Å². The second-order valence-corrected chi connectivity index (χ2v) is 8.80. The average molecular weight is 391 g/mol. The first kappa shape index (κ1) is 19.1. The lowest BCUT2D eigenvalue weighted by molar-refractivity contribution is -0.134. The first-order valence-corrected chi connectivity index (χ1v) is 10.3. The Morgan fingerprint density at radius 3 is 2.52 bits per heavy atom. The van der Waals surface area contributed by atoms with Gasteiger partial charge in [-0.25, -0.2) is 17.9 Å². The minimum absolute atomic E-state index is 0.0442. The van der Waals surface area contributed by atoms with Gasteiger partial charge in [0.15, 0.2) is 16.4 Å². The van der Waals surface area contributed by atoms with E-state index >= 15 is 0 Å². The minimum Gasteiger partial charge on any atom is -0.452 e. The van der Waals surface area contributed by atoms with Crippen LogP contribution >= 0.6 is 0 Å². The summed E-state index contributed by atoms with van der Waals surface area (Å²) in [6, 6.07) is 8.21. The van der Waals surface area contributed by atoms with Gasteiger partial charge in [-0.15, -0.1) is 0 Å². The van der Waals surface area contributed by atoms with Crippen molar-refractivity contribution in [2.24, 2.45) is 0 Å². The van der Waals surface area contributed by atoms with Crippen molar-refractivity contribution in [2.75, 3.05) is 25.2 Å². The molecule has 1 saturated heterocycles. The van der Waals surface area contributed by atoms with Crippen LogP contribution in [0.2, 0.25) is 0 Å². The molecule has 0 aliphatic carbocycles. The number of hydrogen-bond acceptors (Lipinski definition) is 6. The van der Waals surface area contributed by atoms with E-state index in [1.165, 1.54) is 11.9 Å². The third-order valence-corrected chi connectivity index (χ3v) is 6.41. The Morgan fingerprint density at radius 2 is 1.96 bits per heavy atom. The lowest BCUT2D eigenvalue weighted by Gasteiger charge is -2.23. The molecule has 2 heterocycles. The number of carbonyl (C=O) groups excluding carboxylic acids is 2. The average Bonchev–Trinajstić information content (AvgIpc) is 3.23. The van der Waals surface area contributed by atoms with Crippen molar-refractivity contribution in [3.8, 4) is 5.69 Å². The second kappa shape index (κ2) is 7.51. The molecule has 3 rings (SSSR count). The van der Waals surface area contributed by atoms with Gasteiger partial charge in [-0.3, -0.25) is 4.79 Å². The predicted molar refractivity (Wildman–Crippen MR) is 98.4 cm³/mol. The molecule has 0 saturated carbocycles. The Bertz CT molecular complexity index is 950. The van der Waals surface area contributed by atoms with Crippen molar-refractivity contribution < 1.29 is 22.7 Å². The summed E-state index contributed by atoms with van der Waals surface area (Å²) in [5, 5.41) is 4.19. The van der Waals surface area contributed by atoms with Gasteiger partial charge in [-0.05, 0) is 43.7 Å². The van der Waals surface area contributed by atoms with Crippen molar-refractivity contribution in [3.05, 3.63) is 47.8 Å². The van der Waals surface area contributed by atoms with E-state index in [2.05, 4.69) is 5.10 Å². The fraction of sp³-hybridized carbons (Fsp3) is 0.389. The standard InChI is InChI=1S/C18H21N3O5S/c1-13-7-9-19-21(13)15-5-3-14(4-6-15)18(23)26-11-17(22)20(2)16-8-10-27(24,25)12-16/h3-7,9,16H,8,10-12H2,1-2H3/t16-/m1/s1. The summed E-state index contributed by atoms with van der Waals surface area (Å²) in [6.07, 6.45) is 2.10. The van der Waals surface area contributed by atoms with Gasteiger partial charge in [0.25, 0.3) is 5.91 Å². The largest absolute Gasteiger partial charge is 0.452 e. The van der Waals surface area contributed by atoms with Crippen LogP contribution in [0.15, 0.2) is 36.5 Å². The van der Waals surface area contributed by atoms with Crippen molar-refractivity contribution in [3.63, 3.8) is 0 Å². The minimum atomic E-state index is -3.08. The summed E-state index contributed by atoms with van der Waals surface area (Å²) in [5.41, 5.74) is 2.10. The van der Waals surface area contributed by atoms with Crippen molar-refractivity contribution in [1.82, 2.24) is 14.7 Å². The molecule has 1 aromatic heterocycles. The SMILES string of the molecule is Cc1ccnn1-c1ccc(C(=O)OCC(=O)N(C)[C@@H]2CCS(=O)(=O)C2)cc1. The Hall–Kier alpha value is -2.68. The maximum absolute atomic E-state index is 12.2. The molecule has 9 heteroatoms. The number of benzene rings is 1. The first-order chi connectivity index (χ1) is 12.8. The number of amides is 1. The smallest absolute Gasteiger partial charge is 0.338 e. The molecule has 1 aliphatic heterocycles. The van der Waals surface area contributed by atoms with Gasteiger partial charge in [0.1, 0.15) is 0 Å². The van der Waals surface area contributed by atoms with Crippen LogP contribution in [-0.4, -0.2) is 66.2 Å². The molecule has 0 N–H and O–H groups in total. The fourth-order valence-electron chi connectivity index (χ4n) is 2.98. The molecule has 1 atom stereocenters. The van der Waals surface area contributed by atoms with Crippen LogP contribution in [0.3, 0.4) is 0 Å². The van der Waals surface area contributed by atoms with Crippen molar-refractivity contribution in [1.29, 1.82) is 0 Å². The molecule has 1 aromatic carbocycles. The summed E-state index contributed by atoms with van der Waals surface area (Å²) >= 11 is 0. The normalized spacial score (nSPS) is 18.2. The summed E-state index contributed by atoms with van der Waals surface area (Å²) in [7, 11) is -1.55. The van der Waals surface area contributed by atoms with E-state index in [1.54, 1.807) is 35.1 Å². The third-order valence-electron chi connectivity index (χ3n) is 4.66. The Labute approximate surface area is 157 Å². The molecule has 0 unspecified atom stereocenters. The molecular weight excluding hydrogens is 370 g/mol. The molecule has 2 aromatic rings. The molecule has 0 spiro atoms. The highest BCUT2D eigenvalue weighted by Gasteiger charge is 2.32. The van der Waals surface area contributed by atoms with Crippen molar-refractivity contribution >= 4 is 21.7 Å². The zero-order valence-corrected chi connectivity index (χ0v) is 16.0. The second-order valence-electron chi connectivity index (χ2n) is 6.57. The summed E-state index contributed by atoms with van der Waals surface area (Å²) < 4.78 is 29.9. The van der Waals surface area contributed by atoms with Gasteiger partial charge in [-0.1, -0.05) is 0 Å². The molecular formula is C18H21N3O5S. The fourth-order valence-corrected chi connectivity index (χ4v) is 4.75. The topological polar surface area (TPSA) is 98.6 Å². The van der Waals surface area contributed by atoms with Crippen LogP contribution < -0.4 is 0 Å². The maximum Gasteiger partial charge on any atom is 0.338 e. The number of aryl methyl sites for hydroxylation is 1. The number of carbonyl (C=O) groups is 2. The van der Waals surface area contributed by atoms with Gasteiger partial charge in [0.2, 0.25) is 0 Å². The van der Waals surface area contributed by atoms with E-state index in [0.717, 1.165) is 11.4 Å². The lowest BCUT2D eigenvalue weighted by atomic mass is 10.2. The van der Waals surface area contributed by atoms with Crippen LogP contribution in [0.25, 0.3) is 5.69 Å². The van der Waals surface area contributed by atoms with Crippen LogP contribution in [0.5, 0.6) is 0 Å². The quantitative estimate of drug-likeness (QED) is 0.705. The van der Waals surface area contributed by atoms with Crippen LogP contribution in [-0.2, 0) is 19.4 Å². The Kier molecular flexibility index (Phi) is 5.31. The molecule has 144 valence electrons. The zero-order chi connectivity index (χ0) is 19.6. The third kappa shape index (κ3) is 4.36. The molecule has 0 radical (unpaired) electrons. The molecule has 1 aliphatic rings. The zero-order valence-electron chi connectivity index (χ0n) is 15.2. The Morgan fingerprint density at radius 1 is 1.26 bits per heavy atom. The highest BCUT2D eigenvalue weighted by molar-refractivity contribution is 7.91. The van der Waals surface area contributed by atoms with E-state index in [9.17, 15) is 18.0 Å². The molecule has 1 amide bonds. The number of sulfone groups is 1. The highest BCUT2D eigenvalue weighted by Crippen LogP contribution is 2.17. The number of esters is 1. The monoisotopic (exact) mass is 391 g/mol. The number of hydrogen-bond donors (Lipinski definition) is 0. The number of rotatable bonds is 5. The lowest BCUT2D eigenvalue weighted by Crippen LogP contribution is -2.40. The van der Waals surface area contributed by atoms with E-state index in [1.807, 2.05) is 13.0 Å². The predicted octanol–water partition coefficient (Wildman–Crippen LogP) is 0.983. The van der Waals surface area contributed by atoms with Gasteiger partial charge in [0.05, 0.1) is 22.8 Å². The molecule has 27 heavy (non-hydrogen) atoms. The van der Waals surface area contributed by atoms with Gasteiger partial charge >= 0.3 is 5.97 Å². The summed E-state index contributed by atoms with van der Waals surface area (Å²) in [6.45, 7) is 1.50. The van der Waals surface area contributed by atoms with E-state index in [-0.39, 0.29) is 17.5 Å².